The molecule has 20 heavy (non-hydrogen) atoms. The summed E-state index contributed by atoms with van der Waals surface area (Å²) in [4.78, 5) is 0. The highest BCUT2D eigenvalue weighted by Gasteiger charge is 2.16. The molecule has 0 bridgehead atoms. The maximum atomic E-state index is 14.0. The first-order valence-corrected chi connectivity index (χ1v) is 6.74. The summed E-state index contributed by atoms with van der Waals surface area (Å²) in [6, 6.07) is 12.1. The van der Waals surface area contributed by atoms with Gasteiger partial charge in [0.2, 0.25) is 0 Å². The Bertz CT molecular complexity index is 591. The highest BCUT2D eigenvalue weighted by atomic mass is 19.1. The van der Waals surface area contributed by atoms with Crippen LogP contribution in [-0.4, -0.2) is 5.11 Å². The second-order valence-corrected chi connectivity index (χ2v) is 5.13. The van der Waals surface area contributed by atoms with Gasteiger partial charge in [0, 0.05) is 5.56 Å². The summed E-state index contributed by atoms with van der Waals surface area (Å²) in [5, 5.41) is 9.74. The molecule has 2 nitrogen and oxygen atoms in total. The lowest BCUT2D eigenvalue weighted by Gasteiger charge is -2.17. The second kappa shape index (κ2) is 6.06. The highest BCUT2D eigenvalue weighted by Crippen LogP contribution is 2.35. The number of aliphatic hydroxyl groups excluding tert-OH is 1. The van der Waals surface area contributed by atoms with Crippen LogP contribution < -0.4 is 4.74 Å². The van der Waals surface area contributed by atoms with Gasteiger partial charge in [-0.15, -0.1) is 0 Å². The molecule has 0 aliphatic heterocycles. The molecule has 0 aliphatic rings. The smallest absolute Gasteiger partial charge is 0.168 e. The summed E-state index contributed by atoms with van der Waals surface area (Å²) < 4.78 is 19.8. The van der Waals surface area contributed by atoms with E-state index >= 15 is 0 Å². The molecule has 2 aromatic carbocycles. The molecule has 0 spiro atoms. The van der Waals surface area contributed by atoms with Crippen molar-refractivity contribution in [1.29, 1.82) is 0 Å². The Labute approximate surface area is 118 Å². The monoisotopic (exact) mass is 274 g/mol. The zero-order valence-electron chi connectivity index (χ0n) is 11.9. The van der Waals surface area contributed by atoms with Crippen LogP contribution in [0.15, 0.2) is 42.5 Å². The van der Waals surface area contributed by atoms with Gasteiger partial charge in [0.15, 0.2) is 11.6 Å². The van der Waals surface area contributed by atoms with Gasteiger partial charge in [0.1, 0.15) is 5.75 Å². The first-order chi connectivity index (χ1) is 9.50. The fourth-order valence-electron chi connectivity index (χ4n) is 2.12. The van der Waals surface area contributed by atoms with Crippen LogP contribution in [-0.2, 0) is 0 Å². The Morgan fingerprint density at radius 3 is 2.25 bits per heavy atom. The average Bonchev–Trinajstić information content (AvgIpc) is 2.41. The van der Waals surface area contributed by atoms with Gasteiger partial charge in [0.25, 0.3) is 0 Å². The molecule has 0 aromatic heterocycles. The third-order valence-electron chi connectivity index (χ3n) is 3.20. The SMILES string of the molecule is CC(C)c1ccccc1Oc1c(F)cccc1C(C)O. The van der Waals surface area contributed by atoms with E-state index in [1.54, 1.807) is 19.1 Å². The number of rotatable bonds is 4. The van der Waals surface area contributed by atoms with Gasteiger partial charge in [-0.2, -0.15) is 0 Å². The van der Waals surface area contributed by atoms with Crippen molar-refractivity contribution in [3.05, 3.63) is 59.4 Å². The van der Waals surface area contributed by atoms with E-state index < -0.39 is 11.9 Å². The predicted octanol–water partition coefficient (Wildman–Crippen LogP) is 4.79. The standard InChI is InChI=1S/C17H19FO2/c1-11(2)13-7-4-5-10-16(13)20-17-14(12(3)19)8-6-9-15(17)18/h4-12,19H,1-3H3. The molecular weight excluding hydrogens is 255 g/mol. The van der Waals surface area contributed by atoms with Crippen molar-refractivity contribution in [2.75, 3.05) is 0 Å². The maximum Gasteiger partial charge on any atom is 0.168 e. The summed E-state index contributed by atoms with van der Waals surface area (Å²) in [6.07, 6.45) is -0.785. The third-order valence-corrected chi connectivity index (χ3v) is 3.20. The van der Waals surface area contributed by atoms with Crippen LogP contribution in [0.2, 0.25) is 0 Å². The van der Waals surface area contributed by atoms with Gasteiger partial charge >= 0.3 is 0 Å². The number of halogens is 1. The molecule has 0 saturated heterocycles. The number of ether oxygens (including phenoxy) is 1. The minimum atomic E-state index is -0.785. The van der Waals surface area contributed by atoms with E-state index in [2.05, 4.69) is 13.8 Å². The fraction of sp³-hybridized carbons (Fsp3) is 0.294. The van der Waals surface area contributed by atoms with Gasteiger partial charge in [-0.05, 0) is 30.5 Å². The molecule has 1 atom stereocenters. The summed E-state index contributed by atoms with van der Waals surface area (Å²) >= 11 is 0. The van der Waals surface area contributed by atoms with Crippen molar-refractivity contribution in [2.24, 2.45) is 0 Å². The number of para-hydroxylation sites is 2. The van der Waals surface area contributed by atoms with Crippen LogP contribution >= 0.6 is 0 Å². The fourth-order valence-corrected chi connectivity index (χ4v) is 2.12. The van der Waals surface area contributed by atoms with E-state index in [4.69, 9.17) is 4.74 Å². The number of benzene rings is 2. The first-order valence-electron chi connectivity index (χ1n) is 6.74. The summed E-state index contributed by atoms with van der Waals surface area (Å²) in [5.74, 6) is 0.514. The molecule has 1 unspecified atom stereocenters. The van der Waals surface area contributed by atoms with Gasteiger partial charge in [0.05, 0.1) is 6.10 Å². The van der Waals surface area contributed by atoms with Crippen LogP contribution in [0.1, 0.15) is 43.9 Å². The zero-order chi connectivity index (χ0) is 14.7. The maximum absolute atomic E-state index is 14.0. The van der Waals surface area contributed by atoms with Crippen LogP contribution in [0, 0.1) is 5.82 Å². The van der Waals surface area contributed by atoms with Crippen LogP contribution in [0.4, 0.5) is 4.39 Å². The quantitative estimate of drug-likeness (QED) is 0.868. The Morgan fingerprint density at radius 2 is 1.60 bits per heavy atom. The molecule has 0 fully saturated rings. The zero-order valence-corrected chi connectivity index (χ0v) is 11.9. The Kier molecular flexibility index (Phi) is 4.40. The normalized spacial score (nSPS) is 12.5. The van der Waals surface area contributed by atoms with E-state index in [0.717, 1.165) is 5.56 Å². The Hall–Kier alpha value is -1.87. The molecule has 1 N–H and O–H groups in total. The van der Waals surface area contributed by atoms with Crippen LogP contribution in [0.3, 0.4) is 0 Å². The Morgan fingerprint density at radius 1 is 0.950 bits per heavy atom. The molecule has 0 radical (unpaired) electrons. The molecule has 106 valence electrons. The molecule has 3 heteroatoms. The number of hydrogen-bond acceptors (Lipinski definition) is 2. The molecule has 0 aliphatic carbocycles. The van der Waals surface area contributed by atoms with Crippen molar-refractivity contribution in [3.63, 3.8) is 0 Å². The molecule has 0 saturated carbocycles. The predicted molar refractivity (Wildman–Crippen MR) is 77.6 cm³/mol. The van der Waals surface area contributed by atoms with Crippen molar-refractivity contribution in [2.45, 2.75) is 32.8 Å². The van der Waals surface area contributed by atoms with Gasteiger partial charge < -0.3 is 9.84 Å². The third kappa shape index (κ3) is 2.99. The first kappa shape index (κ1) is 14.5. The van der Waals surface area contributed by atoms with Crippen molar-refractivity contribution in [3.8, 4) is 11.5 Å². The largest absolute Gasteiger partial charge is 0.454 e. The van der Waals surface area contributed by atoms with Crippen molar-refractivity contribution in [1.82, 2.24) is 0 Å². The lowest BCUT2D eigenvalue weighted by atomic mass is 10.0. The van der Waals surface area contributed by atoms with Crippen LogP contribution in [0.5, 0.6) is 11.5 Å². The summed E-state index contributed by atoms with van der Waals surface area (Å²) in [7, 11) is 0. The van der Waals surface area contributed by atoms with Crippen molar-refractivity contribution >= 4 is 0 Å². The number of aliphatic hydroxyl groups is 1. The minimum absolute atomic E-state index is 0.0931. The molecular formula is C17H19FO2. The molecule has 0 amide bonds. The van der Waals surface area contributed by atoms with E-state index in [0.29, 0.717) is 11.3 Å². The molecule has 0 heterocycles. The summed E-state index contributed by atoms with van der Waals surface area (Å²) in [5.41, 5.74) is 1.45. The van der Waals surface area contributed by atoms with E-state index in [1.807, 2.05) is 24.3 Å². The van der Waals surface area contributed by atoms with Gasteiger partial charge in [-0.1, -0.05) is 44.2 Å². The van der Waals surface area contributed by atoms with E-state index in [9.17, 15) is 9.50 Å². The molecule has 2 aromatic rings. The second-order valence-electron chi connectivity index (χ2n) is 5.13. The molecule has 2 rings (SSSR count). The number of hydrogen-bond donors (Lipinski definition) is 1. The van der Waals surface area contributed by atoms with Crippen molar-refractivity contribution < 1.29 is 14.2 Å². The van der Waals surface area contributed by atoms with E-state index in [1.165, 1.54) is 6.07 Å². The summed E-state index contributed by atoms with van der Waals surface area (Å²) in [6.45, 7) is 5.70. The lowest BCUT2D eigenvalue weighted by Crippen LogP contribution is -2.01. The topological polar surface area (TPSA) is 29.5 Å². The van der Waals surface area contributed by atoms with Gasteiger partial charge in [-0.25, -0.2) is 4.39 Å². The lowest BCUT2D eigenvalue weighted by molar-refractivity contribution is 0.194. The van der Waals surface area contributed by atoms with E-state index in [-0.39, 0.29) is 11.7 Å². The average molecular weight is 274 g/mol. The van der Waals surface area contributed by atoms with Gasteiger partial charge in [-0.3, -0.25) is 0 Å². The minimum Gasteiger partial charge on any atom is -0.454 e. The highest BCUT2D eigenvalue weighted by molar-refractivity contribution is 5.43. The van der Waals surface area contributed by atoms with Crippen LogP contribution in [0.25, 0.3) is 0 Å². The Balaban J connectivity index is 2.45.